The Kier molecular flexibility index (Phi) is 6.12. The van der Waals surface area contributed by atoms with E-state index >= 15 is 0 Å². The molecule has 3 unspecified atom stereocenters. The van der Waals surface area contributed by atoms with Crippen LogP contribution in [0, 0.1) is 23.7 Å². The van der Waals surface area contributed by atoms with E-state index in [0.29, 0.717) is 30.3 Å². The third kappa shape index (κ3) is 4.03. The third-order valence-corrected chi connectivity index (χ3v) is 8.46. The molecule has 0 aromatic carbocycles. The highest BCUT2D eigenvalue weighted by atomic mass is 16.5. The largest absolute Gasteiger partial charge is 0.458 e. The molecular formula is C24H39NO4. The number of hydrogen-bond acceptors (Lipinski definition) is 5. The summed E-state index contributed by atoms with van der Waals surface area (Å²) >= 11 is 0. The van der Waals surface area contributed by atoms with Crippen LogP contribution in [0.2, 0.25) is 0 Å². The highest BCUT2D eigenvalue weighted by Gasteiger charge is 2.53. The van der Waals surface area contributed by atoms with Crippen LogP contribution in [0.1, 0.15) is 66.2 Å². The summed E-state index contributed by atoms with van der Waals surface area (Å²) in [7, 11) is 0. The van der Waals surface area contributed by atoms with E-state index in [0.717, 1.165) is 38.2 Å². The van der Waals surface area contributed by atoms with Gasteiger partial charge >= 0.3 is 5.97 Å². The number of ether oxygens (including phenoxy) is 2. The van der Waals surface area contributed by atoms with Crippen molar-refractivity contribution in [1.82, 2.24) is 4.90 Å². The van der Waals surface area contributed by atoms with Gasteiger partial charge in [0.15, 0.2) is 0 Å². The van der Waals surface area contributed by atoms with Crippen LogP contribution in [-0.4, -0.2) is 59.5 Å². The van der Waals surface area contributed by atoms with Gasteiger partial charge < -0.3 is 14.6 Å². The minimum atomic E-state index is -0.780. The van der Waals surface area contributed by atoms with Crippen LogP contribution >= 0.6 is 0 Å². The van der Waals surface area contributed by atoms with Gasteiger partial charge in [-0.15, -0.1) is 0 Å². The second kappa shape index (κ2) is 8.32. The van der Waals surface area contributed by atoms with Crippen molar-refractivity contribution in [3.8, 4) is 0 Å². The summed E-state index contributed by atoms with van der Waals surface area (Å²) in [5.74, 6) is 1.09. The zero-order valence-electron chi connectivity index (χ0n) is 18.6. The summed E-state index contributed by atoms with van der Waals surface area (Å²) in [5, 5.41) is 11.8. The summed E-state index contributed by atoms with van der Waals surface area (Å²) < 4.78 is 11.4. The molecule has 2 heterocycles. The molecular weight excluding hydrogens is 366 g/mol. The summed E-state index contributed by atoms with van der Waals surface area (Å²) in [4.78, 5) is 14.3. The van der Waals surface area contributed by atoms with Gasteiger partial charge in [-0.2, -0.15) is 0 Å². The number of carbonyl (C=O) groups excluding carboxylic acids is 1. The second-order valence-electron chi connectivity index (χ2n) is 10.3. The molecule has 1 N–H and O–H groups in total. The van der Waals surface area contributed by atoms with Crippen molar-refractivity contribution >= 4 is 5.97 Å². The molecule has 5 nitrogen and oxygen atoms in total. The first kappa shape index (κ1) is 21.3. The summed E-state index contributed by atoms with van der Waals surface area (Å²) in [6.07, 6.45) is 8.52. The lowest BCUT2D eigenvalue weighted by Gasteiger charge is -2.54. The highest BCUT2D eigenvalue weighted by Crippen LogP contribution is 2.51. The molecule has 8 atom stereocenters. The van der Waals surface area contributed by atoms with Crippen LogP contribution in [0.3, 0.4) is 0 Å². The minimum Gasteiger partial charge on any atom is -0.458 e. The molecule has 1 saturated carbocycles. The Hall–Kier alpha value is -0.910. The van der Waals surface area contributed by atoms with Crippen molar-refractivity contribution in [3.63, 3.8) is 0 Å². The number of piperidine rings is 1. The zero-order valence-corrected chi connectivity index (χ0v) is 18.6. The smallest absolute Gasteiger partial charge is 0.303 e. The van der Waals surface area contributed by atoms with Gasteiger partial charge in [-0.1, -0.05) is 26.3 Å². The fourth-order valence-corrected chi connectivity index (χ4v) is 6.68. The maximum atomic E-state index is 11.8. The van der Waals surface area contributed by atoms with E-state index in [1.165, 1.54) is 26.2 Å². The molecule has 2 bridgehead atoms. The molecule has 164 valence electrons. The summed E-state index contributed by atoms with van der Waals surface area (Å²) in [6, 6.07) is 1.15. The molecule has 3 fully saturated rings. The van der Waals surface area contributed by atoms with Crippen LogP contribution in [0.4, 0.5) is 0 Å². The standard InChI is InChI=1S/C24H39NO4/c1-15-10-22-21(9-8-17(3)24(22,27)11-23(15)29-18(4)26)16(2)12-25-19-6-5-7-20(25)14-28-13-19/h10,16-17,19-23,27H,5-9,11-14H2,1-4H3/t16?,17-,19?,20?,21+,22-,23-,24-/m1/s1. The van der Waals surface area contributed by atoms with Gasteiger partial charge in [0.2, 0.25) is 0 Å². The molecule has 2 saturated heterocycles. The van der Waals surface area contributed by atoms with Gasteiger partial charge in [-0.3, -0.25) is 9.69 Å². The normalized spacial score (nSPS) is 43.8. The predicted octanol–water partition coefficient (Wildman–Crippen LogP) is 3.55. The third-order valence-electron chi connectivity index (χ3n) is 8.46. The van der Waals surface area contributed by atoms with Gasteiger partial charge in [-0.25, -0.2) is 0 Å². The average Bonchev–Trinajstić information content (AvgIpc) is 2.64. The maximum Gasteiger partial charge on any atom is 0.303 e. The van der Waals surface area contributed by atoms with Crippen LogP contribution in [-0.2, 0) is 14.3 Å². The molecule has 4 rings (SSSR count). The lowest BCUT2D eigenvalue weighted by atomic mass is 9.57. The first-order chi connectivity index (χ1) is 13.8. The second-order valence-corrected chi connectivity index (χ2v) is 10.3. The van der Waals surface area contributed by atoms with Crippen molar-refractivity contribution in [2.24, 2.45) is 23.7 Å². The fourth-order valence-electron chi connectivity index (χ4n) is 6.68. The molecule has 0 radical (unpaired) electrons. The lowest BCUT2D eigenvalue weighted by Crippen LogP contribution is -2.59. The van der Waals surface area contributed by atoms with Gasteiger partial charge in [0, 0.05) is 37.9 Å². The van der Waals surface area contributed by atoms with Crippen LogP contribution in [0.25, 0.3) is 0 Å². The molecule has 0 spiro atoms. The minimum absolute atomic E-state index is 0.147. The van der Waals surface area contributed by atoms with Gasteiger partial charge in [-0.05, 0) is 55.9 Å². The number of fused-ring (bicyclic) bond motifs is 3. The van der Waals surface area contributed by atoms with Crippen LogP contribution < -0.4 is 0 Å². The van der Waals surface area contributed by atoms with E-state index in [2.05, 4.69) is 31.7 Å². The summed E-state index contributed by atoms with van der Waals surface area (Å²) in [6.45, 7) is 10.9. The van der Waals surface area contributed by atoms with Crippen LogP contribution in [0.5, 0.6) is 0 Å². The quantitative estimate of drug-likeness (QED) is 0.573. The molecule has 5 heteroatoms. The molecule has 2 aliphatic heterocycles. The molecule has 29 heavy (non-hydrogen) atoms. The number of morpholine rings is 1. The van der Waals surface area contributed by atoms with E-state index in [1.807, 2.05) is 0 Å². The Bertz CT molecular complexity index is 627. The van der Waals surface area contributed by atoms with Crippen LogP contribution in [0.15, 0.2) is 11.6 Å². The number of rotatable bonds is 4. The van der Waals surface area contributed by atoms with Gasteiger partial charge in [0.25, 0.3) is 0 Å². The number of carbonyl (C=O) groups is 1. The first-order valence-electron chi connectivity index (χ1n) is 11.7. The molecule has 0 amide bonds. The number of nitrogens with zero attached hydrogens (tertiary/aromatic N) is 1. The van der Waals surface area contributed by atoms with Gasteiger partial charge in [0.1, 0.15) is 6.10 Å². The Morgan fingerprint density at radius 1 is 1.31 bits per heavy atom. The fraction of sp³-hybridized carbons (Fsp3) is 0.875. The number of hydrogen-bond donors (Lipinski definition) is 1. The monoisotopic (exact) mass is 405 g/mol. The van der Waals surface area contributed by atoms with Gasteiger partial charge in [0.05, 0.1) is 18.8 Å². The van der Waals surface area contributed by atoms with E-state index in [-0.39, 0.29) is 23.9 Å². The zero-order chi connectivity index (χ0) is 20.8. The maximum absolute atomic E-state index is 11.8. The SMILES string of the molecule is CC(=O)O[C@@H]1C[C@@]2(O)[C@H](C)CC[C@@H](C(C)CN3C4CCCC3COC4)[C@H]2C=C1C. The van der Waals surface area contributed by atoms with E-state index in [9.17, 15) is 9.90 Å². The van der Waals surface area contributed by atoms with E-state index in [4.69, 9.17) is 9.47 Å². The molecule has 2 aliphatic carbocycles. The molecule has 0 aromatic heterocycles. The van der Waals surface area contributed by atoms with Crippen molar-refractivity contribution in [2.45, 2.75) is 90.0 Å². The number of aliphatic hydroxyl groups is 1. The predicted molar refractivity (Wildman–Crippen MR) is 112 cm³/mol. The van der Waals surface area contributed by atoms with Crippen molar-refractivity contribution in [1.29, 1.82) is 0 Å². The molecule has 4 aliphatic rings. The van der Waals surface area contributed by atoms with E-state index < -0.39 is 5.60 Å². The Morgan fingerprint density at radius 3 is 2.66 bits per heavy atom. The lowest BCUT2D eigenvalue weighted by molar-refractivity contribution is -0.160. The Labute approximate surface area is 175 Å². The van der Waals surface area contributed by atoms with Crippen molar-refractivity contribution in [3.05, 3.63) is 11.6 Å². The Morgan fingerprint density at radius 2 is 2.00 bits per heavy atom. The number of esters is 1. The highest BCUT2D eigenvalue weighted by molar-refractivity contribution is 5.66. The topological polar surface area (TPSA) is 59.0 Å². The van der Waals surface area contributed by atoms with Crippen molar-refractivity contribution in [2.75, 3.05) is 19.8 Å². The first-order valence-corrected chi connectivity index (χ1v) is 11.7. The summed E-state index contributed by atoms with van der Waals surface area (Å²) in [5.41, 5.74) is 0.321. The van der Waals surface area contributed by atoms with Crippen molar-refractivity contribution < 1.29 is 19.4 Å². The van der Waals surface area contributed by atoms with E-state index in [1.54, 1.807) is 0 Å². The average molecular weight is 406 g/mol. The molecule has 0 aromatic rings. The Balaban J connectivity index is 1.53.